The summed E-state index contributed by atoms with van der Waals surface area (Å²) in [6.07, 6.45) is 11.3. The molecule has 1 aromatic carbocycles. The summed E-state index contributed by atoms with van der Waals surface area (Å²) < 4.78 is 1.69. The minimum absolute atomic E-state index is 0.0108. The molecule has 0 unspecified atom stereocenters. The highest BCUT2D eigenvalue weighted by atomic mass is 16.3. The van der Waals surface area contributed by atoms with Gasteiger partial charge in [-0.15, -0.1) is 5.10 Å². The number of carbonyl (C=O) groups excluding carboxylic acids is 2. The molecule has 1 aromatic heterocycles. The van der Waals surface area contributed by atoms with Gasteiger partial charge in [-0.25, -0.2) is 0 Å². The Kier molecular flexibility index (Phi) is 11.2. The van der Waals surface area contributed by atoms with Gasteiger partial charge in [0, 0.05) is 49.5 Å². The van der Waals surface area contributed by atoms with E-state index in [1.54, 1.807) is 40.9 Å². The van der Waals surface area contributed by atoms with E-state index in [4.69, 9.17) is 5.11 Å². The van der Waals surface area contributed by atoms with Crippen LogP contribution in [-0.2, 0) is 28.2 Å². The van der Waals surface area contributed by atoms with Crippen LogP contribution >= 0.6 is 0 Å². The second-order valence-corrected chi connectivity index (χ2v) is 10.9. The van der Waals surface area contributed by atoms with E-state index in [1.807, 2.05) is 25.2 Å². The van der Waals surface area contributed by atoms with E-state index in [0.717, 1.165) is 18.4 Å². The largest absolute Gasteiger partial charge is 0.396 e. The van der Waals surface area contributed by atoms with Crippen LogP contribution < -0.4 is 10.2 Å². The molecule has 1 aliphatic heterocycles. The molecule has 10 heteroatoms. The lowest BCUT2D eigenvalue weighted by atomic mass is 9.82. The molecule has 0 saturated heterocycles. The summed E-state index contributed by atoms with van der Waals surface area (Å²) in [5, 5.41) is 41.4. The van der Waals surface area contributed by atoms with Crippen LogP contribution in [0.1, 0.15) is 65.1 Å². The summed E-state index contributed by atoms with van der Waals surface area (Å²) in [7, 11) is 0. The number of fused-ring (bicyclic) bond motifs is 1. The second kappa shape index (κ2) is 14.3. The minimum atomic E-state index is -1.84. The first kappa shape index (κ1) is 31.9. The lowest BCUT2D eigenvalue weighted by Crippen LogP contribution is -2.44. The van der Waals surface area contributed by atoms with Crippen LogP contribution in [0, 0.1) is 5.92 Å². The molecular weight excluding hydrogens is 522 g/mol. The summed E-state index contributed by atoms with van der Waals surface area (Å²) in [6, 6.07) is 5.00. The fourth-order valence-corrected chi connectivity index (χ4v) is 4.71. The fourth-order valence-electron chi connectivity index (χ4n) is 4.71. The number of hydrogen-bond donors (Lipinski definition) is 4. The van der Waals surface area contributed by atoms with Crippen molar-refractivity contribution in [3.63, 3.8) is 0 Å². The van der Waals surface area contributed by atoms with Gasteiger partial charge in [0.1, 0.15) is 6.10 Å². The molecule has 0 bridgehead atoms. The summed E-state index contributed by atoms with van der Waals surface area (Å²) in [5.41, 5.74) is 2.66. The van der Waals surface area contributed by atoms with Gasteiger partial charge in [-0.3, -0.25) is 14.3 Å². The van der Waals surface area contributed by atoms with Crippen molar-refractivity contribution >= 4 is 23.2 Å². The quantitative estimate of drug-likeness (QED) is 0.256. The predicted molar refractivity (Wildman–Crippen MR) is 159 cm³/mol. The molecule has 4 N–H and O–H groups in total. The number of aliphatic hydroxyl groups is 3. The monoisotopic (exact) mass is 565 g/mol. The zero-order valence-corrected chi connectivity index (χ0v) is 24.7. The number of hydrogen-bond acceptors (Lipinski definition) is 7. The van der Waals surface area contributed by atoms with Crippen molar-refractivity contribution in [2.75, 3.05) is 23.4 Å². The first-order chi connectivity index (χ1) is 19.5. The van der Waals surface area contributed by atoms with E-state index in [9.17, 15) is 19.8 Å². The molecule has 3 rings (SSSR count). The van der Waals surface area contributed by atoms with Crippen LogP contribution in [0.4, 0.5) is 11.4 Å². The van der Waals surface area contributed by atoms with Gasteiger partial charge in [0.05, 0.1) is 11.4 Å². The van der Waals surface area contributed by atoms with Gasteiger partial charge in [-0.05, 0) is 65.2 Å². The third-order valence-electron chi connectivity index (χ3n) is 7.19. The molecule has 222 valence electrons. The van der Waals surface area contributed by atoms with Crippen LogP contribution in [-0.4, -0.2) is 61.4 Å². The highest BCUT2D eigenvalue weighted by Crippen LogP contribution is 2.46. The van der Waals surface area contributed by atoms with E-state index in [0.29, 0.717) is 48.6 Å². The molecule has 0 fully saturated rings. The first-order valence-electron chi connectivity index (χ1n) is 14.1. The van der Waals surface area contributed by atoms with E-state index in [-0.39, 0.29) is 6.61 Å². The molecule has 2 aromatic rings. The van der Waals surface area contributed by atoms with E-state index < -0.39 is 29.4 Å². The van der Waals surface area contributed by atoms with E-state index >= 15 is 0 Å². The van der Waals surface area contributed by atoms with Gasteiger partial charge in [0.25, 0.3) is 11.8 Å². The predicted octanol–water partition coefficient (Wildman–Crippen LogP) is 3.64. The Morgan fingerprint density at radius 2 is 1.93 bits per heavy atom. The lowest BCUT2D eigenvalue weighted by molar-refractivity contribution is -0.139. The van der Waals surface area contributed by atoms with Crippen molar-refractivity contribution in [1.82, 2.24) is 15.0 Å². The molecular formula is C31H43N5O5. The van der Waals surface area contributed by atoms with Gasteiger partial charge in [-0.2, -0.15) is 0 Å². The van der Waals surface area contributed by atoms with Crippen LogP contribution in [0.25, 0.3) is 0 Å². The average Bonchev–Trinajstić information content (AvgIpc) is 3.45. The van der Waals surface area contributed by atoms with Gasteiger partial charge < -0.3 is 25.5 Å². The Hall–Kier alpha value is -3.60. The van der Waals surface area contributed by atoms with Crippen LogP contribution in [0.3, 0.4) is 0 Å². The summed E-state index contributed by atoms with van der Waals surface area (Å²) in [6.45, 7) is 10.2. The third-order valence-corrected chi connectivity index (χ3v) is 7.19. The smallest absolute Gasteiger partial charge is 0.264 e. The number of amides is 2. The SMILES string of the molecule is CC(C)=CCC/C(C)=C/CN1C(=O)[C@](O)([C@H](C)/C=C/CCn2cc(CCO)nn2)c2cc(NC(=O)[C@H](C)O)ccc21. The van der Waals surface area contributed by atoms with Gasteiger partial charge in [0.15, 0.2) is 5.60 Å². The van der Waals surface area contributed by atoms with Crippen LogP contribution in [0.2, 0.25) is 0 Å². The molecule has 2 amide bonds. The lowest BCUT2D eigenvalue weighted by Gasteiger charge is -2.27. The van der Waals surface area contributed by atoms with Crippen LogP contribution in [0.5, 0.6) is 0 Å². The third kappa shape index (κ3) is 8.00. The normalized spacial score (nSPS) is 18.5. The standard InChI is InChI=1S/C31H43N5O5/c1-21(2)9-8-10-22(3)14-17-36-28-13-12-25(32-29(39)24(5)38)19-27(28)31(41,30(36)40)23(4)11-6-7-16-35-20-26(15-18-37)33-34-35/h6,9,11-14,19-20,23-24,37-38,41H,7-8,10,15-18H2,1-5H3,(H,32,39)/b11-6+,22-14+/t23-,24+,31+/m1/s1. The summed E-state index contributed by atoms with van der Waals surface area (Å²) in [4.78, 5) is 27.5. The molecule has 41 heavy (non-hydrogen) atoms. The maximum absolute atomic E-state index is 13.8. The molecule has 10 nitrogen and oxygen atoms in total. The Morgan fingerprint density at radius 3 is 2.61 bits per heavy atom. The highest BCUT2D eigenvalue weighted by molar-refractivity contribution is 6.08. The average molecular weight is 566 g/mol. The van der Waals surface area contributed by atoms with Crippen molar-refractivity contribution in [3.05, 3.63) is 71.1 Å². The maximum atomic E-state index is 13.8. The van der Waals surface area contributed by atoms with Gasteiger partial charge in [-0.1, -0.05) is 47.6 Å². The number of anilines is 2. The highest BCUT2D eigenvalue weighted by Gasteiger charge is 2.52. The topological polar surface area (TPSA) is 141 Å². The van der Waals surface area contributed by atoms with Crippen molar-refractivity contribution in [1.29, 1.82) is 0 Å². The zero-order valence-electron chi connectivity index (χ0n) is 24.7. The number of carbonyl (C=O) groups is 2. The Morgan fingerprint density at radius 1 is 1.17 bits per heavy atom. The Bertz CT molecular complexity index is 1310. The molecule has 0 aliphatic carbocycles. The molecule has 3 atom stereocenters. The summed E-state index contributed by atoms with van der Waals surface area (Å²) >= 11 is 0. The first-order valence-corrected chi connectivity index (χ1v) is 14.1. The number of aromatic nitrogens is 3. The maximum Gasteiger partial charge on any atom is 0.264 e. The Labute approximate surface area is 242 Å². The number of rotatable bonds is 14. The van der Waals surface area contributed by atoms with E-state index in [2.05, 4.69) is 35.6 Å². The second-order valence-electron chi connectivity index (χ2n) is 10.9. The number of aryl methyl sites for hydroxylation is 1. The number of aliphatic hydroxyl groups excluding tert-OH is 2. The minimum Gasteiger partial charge on any atom is -0.396 e. The number of allylic oxidation sites excluding steroid dienone is 4. The van der Waals surface area contributed by atoms with Crippen molar-refractivity contribution < 1.29 is 24.9 Å². The molecule has 0 saturated carbocycles. The zero-order chi connectivity index (χ0) is 30.2. The molecule has 0 radical (unpaired) electrons. The molecule has 1 aliphatic rings. The summed E-state index contributed by atoms with van der Waals surface area (Å²) in [5.74, 6) is -1.58. The number of benzene rings is 1. The van der Waals surface area contributed by atoms with Gasteiger partial charge >= 0.3 is 0 Å². The van der Waals surface area contributed by atoms with Gasteiger partial charge in [0.2, 0.25) is 0 Å². The number of nitrogens with zero attached hydrogens (tertiary/aromatic N) is 4. The van der Waals surface area contributed by atoms with Crippen molar-refractivity contribution in [2.24, 2.45) is 5.92 Å². The molecule has 0 spiro atoms. The van der Waals surface area contributed by atoms with Crippen LogP contribution in [0.15, 0.2) is 59.8 Å². The fraction of sp³-hybridized carbons (Fsp3) is 0.484. The Balaban J connectivity index is 1.83. The number of nitrogens with one attached hydrogen (secondary N) is 1. The molecule has 2 heterocycles. The van der Waals surface area contributed by atoms with E-state index in [1.165, 1.54) is 12.5 Å². The van der Waals surface area contributed by atoms with Crippen molar-refractivity contribution in [2.45, 2.75) is 78.6 Å². The van der Waals surface area contributed by atoms with Crippen molar-refractivity contribution in [3.8, 4) is 0 Å².